The quantitative estimate of drug-likeness (QED) is 0.573. The molecule has 0 aliphatic heterocycles. The van der Waals surface area contributed by atoms with E-state index in [1.54, 1.807) is 7.11 Å². The third-order valence-electron chi connectivity index (χ3n) is 2.04. The lowest BCUT2D eigenvalue weighted by Gasteiger charge is -2.23. The van der Waals surface area contributed by atoms with Gasteiger partial charge in [0, 0.05) is 26.7 Å². The number of carbonyl (C=O) groups excluding carboxylic acids is 1. The van der Waals surface area contributed by atoms with Crippen LogP contribution in [0.4, 0.5) is 0 Å². The van der Waals surface area contributed by atoms with Crippen molar-refractivity contribution in [3.8, 4) is 0 Å². The summed E-state index contributed by atoms with van der Waals surface area (Å²) < 4.78 is 5.00. The molecule has 0 aromatic carbocycles. The summed E-state index contributed by atoms with van der Waals surface area (Å²) in [5.41, 5.74) is 0. The van der Waals surface area contributed by atoms with E-state index in [9.17, 15) is 4.79 Å². The lowest BCUT2D eigenvalue weighted by molar-refractivity contribution is -0.122. The topological polar surface area (TPSA) is 61.8 Å². The molecule has 0 bridgehead atoms. The van der Waals surface area contributed by atoms with Crippen molar-refractivity contribution in [2.24, 2.45) is 5.92 Å². The SMILES string of the molecule is COCCN(CC(=O)NCCO)CC(C)C. The van der Waals surface area contributed by atoms with Crippen LogP contribution in [0.3, 0.4) is 0 Å². The van der Waals surface area contributed by atoms with Gasteiger partial charge in [-0.05, 0) is 5.92 Å². The van der Waals surface area contributed by atoms with Crippen molar-refractivity contribution in [3.05, 3.63) is 0 Å². The summed E-state index contributed by atoms with van der Waals surface area (Å²) in [5, 5.41) is 11.2. The molecule has 0 rings (SSSR count). The summed E-state index contributed by atoms with van der Waals surface area (Å²) in [6, 6.07) is 0. The Hall–Kier alpha value is -0.650. The largest absolute Gasteiger partial charge is 0.395 e. The number of methoxy groups -OCH3 is 1. The first kappa shape index (κ1) is 15.3. The summed E-state index contributed by atoms with van der Waals surface area (Å²) in [7, 11) is 1.65. The second kappa shape index (κ2) is 9.57. The Labute approximate surface area is 97.8 Å². The summed E-state index contributed by atoms with van der Waals surface area (Å²) >= 11 is 0. The molecule has 5 nitrogen and oxygen atoms in total. The van der Waals surface area contributed by atoms with Gasteiger partial charge in [-0.2, -0.15) is 0 Å². The van der Waals surface area contributed by atoms with Crippen molar-refractivity contribution in [2.45, 2.75) is 13.8 Å². The van der Waals surface area contributed by atoms with Crippen molar-refractivity contribution in [3.63, 3.8) is 0 Å². The monoisotopic (exact) mass is 232 g/mol. The van der Waals surface area contributed by atoms with Crippen LogP contribution in [0.2, 0.25) is 0 Å². The zero-order valence-corrected chi connectivity index (χ0v) is 10.5. The predicted molar refractivity (Wildman–Crippen MR) is 63.2 cm³/mol. The number of carbonyl (C=O) groups is 1. The predicted octanol–water partition coefficient (Wildman–Crippen LogP) is -0.301. The van der Waals surface area contributed by atoms with Crippen molar-refractivity contribution < 1.29 is 14.6 Å². The van der Waals surface area contributed by atoms with Crippen LogP contribution >= 0.6 is 0 Å². The number of aliphatic hydroxyl groups is 1. The maximum atomic E-state index is 11.5. The Balaban J connectivity index is 3.92. The molecule has 0 unspecified atom stereocenters. The maximum absolute atomic E-state index is 11.5. The Morgan fingerprint density at radius 2 is 2.19 bits per heavy atom. The Morgan fingerprint density at radius 1 is 1.50 bits per heavy atom. The van der Waals surface area contributed by atoms with Gasteiger partial charge in [0.2, 0.25) is 5.91 Å². The van der Waals surface area contributed by atoms with E-state index < -0.39 is 0 Å². The molecule has 96 valence electrons. The van der Waals surface area contributed by atoms with E-state index in [0.29, 0.717) is 25.6 Å². The van der Waals surface area contributed by atoms with Gasteiger partial charge in [0.15, 0.2) is 0 Å². The number of ether oxygens (including phenoxy) is 1. The number of nitrogens with one attached hydrogen (secondary N) is 1. The second-order valence-corrected chi connectivity index (χ2v) is 4.20. The minimum atomic E-state index is -0.0502. The molecule has 5 heteroatoms. The van der Waals surface area contributed by atoms with Crippen molar-refractivity contribution in [2.75, 3.05) is 46.5 Å². The first-order valence-corrected chi connectivity index (χ1v) is 5.69. The van der Waals surface area contributed by atoms with Crippen LogP contribution in [-0.4, -0.2) is 62.4 Å². The molecule has 0 saturated carbocycles. The third kappa shape index (κ3) is 8.64. The van der Waals surface area contributed by atoms with Crippen LogP contribution in [-0.2, 0) is 9.53 Å². The first-order valence-electron chi connectivity index (χ1n) is 5.69. The molecule has 0 aromatic heterocycles. The van der Waals surface area contributed by atoms with E-state index in [0.717, 1.165) is 13.1 Å². The van der Waals surface area contributed by atoms with E-state index in [2.05, 4.69) is 24.1 Å². The van der Waals surface area contributed by atoms with Crippen LogP contribution in [0, 0.1) is 5.92 Å². The molecule has 16 heavy (non-hydrogen) atoms. The minimum Gasteiger partial charge on any atom is -0.395 e. The molecule has 0 radical (unpaired) electrons. The molecule has 0 aliphatic carbocycles. The fraction of sp³-hybridized carbons (Fsp3) is 0.909. The highest BCUT2D eigenvalue weighted by molar-refractivity contribution is 5.77. The molecular formula is C11H24N2O3. The molecule has 0 aliphatic rings. The van der Waals surface area contributed by atoms with Gasteiger partial charge in [0.05, 0.1) is 19.8 Å². The fourth-order valence-electron chi connectivity index (χ4n) is 1.43. The molecule has 0 aromatic rings. The lowest BCUT2D eigenvalue weighted by atomic mass is 10.2. The Morgan fingerprint density at radius 3 is 2.69 bits per heavy atom. The van der Waals surface area contributed by atoms with Crippen LogP contribution in [0.25, 0.3) is 0 Å². The van der Waals surface area contributed by atoms with Crippen molar-refractivity contribution in [1.29, 1.82) is 0 Å². The Kier molecular flexibility index (Phi) is 9.18. The van der Waals surface area contributed by atoms with Crippen molar-refractivity contribution >= 4 is 5.91 Å². The lowest BCUT2D eigenvalue weighted by Crippen LogP contribution is -2.41. The van der Waals surface area contributed by atoms with E-state index in [4.69, 9.17) is 9.84 Å². The van der Waals surface area contributed by atoms with E-state index in [1.807, 2.05) is 0 Å². The fourth-order valence-corrected chi connectivity index (χ4v) is 1.43. The molecule has 0 saturated heterocycles. The number of aliphatic hydroxyl groups excluding tert-OH is 1. The smallest absolute Gasteiger partial charge is 0.234 e. The average Bonchev–Trinajstić information content (AvgIpc) is 2.22. The van der Waals surface area contributed by atoms with Crippen LogP contribution in [0.5, 0.6) is 0 Å². The number of rotatable bonds is 9. The van der Waals surface area contributed by atoms with Crippen LogP contribution in [0.15, 0.2) is 0 Å². The van der Waals surface area contributed by atoms with Gasteiger partial charge in [0.1, 0.15) is 0 Å². The summed E-state index contributed by atoms with van der Waals surface area (Å²) in [6.07, 6.45) is 0. The normalized spacial score (nSPS) is 11.1. The highest BCUT2D eigenvalue weighted by atomic mass is 16.5. The third-order valence-corrected chi connectivity index (χ3v) is 2.04. The molecule has 0 fully saturated rings. The number of amides is 1. The molecule has 1 amide bonds. The maximum Gasteiger partial charge on any atom is 0.234 e. The van der Waals surface area contributed by atoms with Crippen LogP contribution in [0.1, 0.15) is 13.8 Å². The highest BCUT2D eigenvalue weighted by Gasteiger charge is 2.11. The van der Waals surface area contributed by atoms with Gasteiger partial charge >= 0.3 is 0 Å². The second-order valence-electron chi connectivity index (χ2n) is 4.20. The van der Waals surface area contributed by atoms with E-state index >= 15 is 0 Å². The van der Waals surface area contributed by atoms with Gasteiger partial charge in [-0.25, -0.2) is 0 Å². The van der Waals surface area contributed by atoms with Gasteiger partial charge in [-0.15, -0.1) is 0 Å². The molecule has 2 N–H and O–H groups in total. The summed E-state index contributed by atoms with van der Waals surface area (Å²) in [6.45, 7) is 7.14. The van der Waals surface area contributed by atoms with Gasteiger partial charge in [-0.3, -0.25) is 9.69 Å². The van der Waals surface area contributed by atoms with Gasteiger partial charge in [0.25, 0.3) is 0 Å². The summed E-state index contributed by atoms with van der Waals surface area (Å²) in [4.78, 5) is 13.5. The van der Waals surface area contributed by atoms with Gasteiger partial charge < -0.3 is 15.2 Å². The standard InChI is InChI=1S/C11H24N2O3/c1-10(2)8-13(5-7-16-3)9-11(15)12-4-6-14/h10,14H,4-9H2,1-3H3,(H,12,15). The summed E-state index contributed by atoms with van der Waals surface area (Å²) in [5.74, 6) is 0.466. The number of hydrogen-bond donors (Lipinski definition) is 2. The Bertz CT molecular complexity index is 186. The minimum absolute atomic E-state index is 0.0198. The van der Waals surface area contributed by atoms with E-state index in [-0.39, 0.29) is 12.5 Å². The van der Waals surface area contributed by atoms with Crippen molar-refractivity contribution in [1.82, 2.24) is 10.2 Å². The van der Waals surface area contributed by atoms with Crippen LogP contribution < -0.4 is 5.32 Å². The number of nitrogens with zero attached hydrogens (tertiary/aromatic N) is 1. The first-order chi connectivity index (χ1) is 7.60. The molecular weight excluding hydrogens is 208 g/mol. The number of hydrogen-bond acceptors (Lipinski definition) is 4. The highest BCUT2D eigenvalue weighted by Crippen LogP contribution is 1.98. The molecule has 0 spiro atoms. The zero-order chi connectivity index (χ0) is 12.4. The van der Waals surface area contributed by atoms with E-state index in [1.165, 1.54) is 0 Å². The van der Waals surface area contributed by atoms with Gasteiger partial charge in [-0.1, -0.05) is 13.8 Å². The zero-order valence-electron chi connectivity index (χ0n) is 10.5. The average molecular weight is 232 g/mol. The molecule has 0 atom stereocenters. The molecule has 0 heterocycles.